The molecule has 0 saturated carbocycles. The van der Waals surface area contributed by atoms with E-state index in [4.69, 9.17) is 16.2 Å². The second kappa shape index (κ2) is 16.1. The van der Waals surface area contributed by atoms with Crippen molar-refractivity contribution < 1.29 is 42.3 Å². The highest BCUT2D eigenvalue weighted by molar-refractivity contribution is 6.11. The molecule has 4 aromatic carbocycles. The van der Waals surface area contributed by atoms with Gasteiger partial charge in [0.1, 0.15) is 17.2 Å². The Bertz CT molecular complexity index is 3060. The molecule has 2 fully saturated rings. The number of carbonyl (C=O) groups excluding carboxylic acids is 6. The number of nitrogens with zero attached hydrogens (tertiary/aromatic N) is 8. The number of ether oxygens (including phenoxy) is 1. The van der Waals surface area contributed by atoms with Crippen molar-refractivity contribution in [3.05, 3.63) is 136 Å². The minimum Gasteiger partial charge on any atom is -0.494 e. The number of fused-ring (bicyclic) bond motifs is 2. The Morgan fingerprint density at radius 2 is 1.06 bits per heavy atom. The minimum atomic E-state index is -0.910. The molecule has 2 aromatic heterocycles. The molecule has 0 aliphatic carbocycles. The Kier molecular flexibility index (Phi) is 10.2. The predicted octanol–water partition coefficient (Wildman–Crippen LogP) is 4.60. The van der Waals surface area contributed by atoms with E-state index in [1.54, 1.807) is 58.3 Å². The van der Waals surface area contributed by atoms with E-state index < -0.39 is 41.2 Å². The normalized spacial score (nSPS) is 17.2. The molecule has 334 valence electrons. The lowest BCUT2D eigenvalue weighted by molar-refractivity contribution is -0.118. The molecule has 10 rings (SSSR count). The van der Waals surface area contributed by atoms with Crippen LogP contribution in [0.5, 0.6) is 5.75 Å². The molecule has 6 amide bonds. The lowest BCUT2D eigenvalue weighted by Crippen LogP contribution is -2.39. The molecule has 17 nitrogen and oxygen atoms in total. The van der Waals surface area contributed by atoms with Crippen molar-refractivity contribution in [2.45, 2.75) is 38.0 Å². The molecule has 1 unspecified atom stereocenters. The van der Waals surface area contributed by atoms with Crippen LogP contribution in [0.1, 0.15) is 83.8 Å². The average molecular weight is 895 g/mol. The van der Waals surface area contributed by atoms with Crippen LogP contribution in [0, 0.1) is 11.6 Å². The quantitative estimate of drug-likeness (QED) is 0.197. The third-order valence-corrected chi connectivity index (χ3v) is 12.7. The molecule has 2 saturated heterocycles. The highest BCUT2D eigenvalue weighted by atomic mass is 19.1. The summed E-state index contributed by atoms with van der Waals surface area (Å²) in [7, 11) is 1.30. The Labute approximate surface area is 374 Å². The Hall–Kier alpha value is -8.22. The van der Waals surface area contributed by atoms with Gasteiger partial charge >= 0.3 is 0 Å². The van der Waals surface area contributed by atoms with Crippen molar-refractivity contribution >= 4 is 58.2 Å². The summed E-state index contributed by atoms with van der Waals surface area (Å²) in [5, 5.41) is 8.79. The van der Waals surface area contributed by atoms with Gasteiger partial charge in [-0.3, -0.25) is 28.8 Å². The summed E-state index contributed by atoms with van der Waals surface area (Å²) in [6, 6.07) is 21.8. The van der Waals surface area contributed by atoms with Gasteiger partial charge in [0.05, 0.1) is 24.4 Å². The molecule has 0 bridgehead atoms. The van der Waals surface area contributed by atoms with Gasteiger partial charge in [-0.25, -0.2) is 18.1 Å². The maximum atomic E-state index is 15.8. The van der Waals surface area contributed by atoms with Crippen LogP contribution < -0.4 is 35.8 Å². The zero-order chi connectivity index (χ0) is 46.1. The van der Waals surface area contributed by atoms with Crippen LogP contribution in [-0.2, 0) is 22.4 Å². The Morgan fingerprint density at radius 3 is 1.55 bits per heavy atom. The van der Waals surface area contributed by atoms with E-state index in [2.05, 4.69) is 10.2 Å². The number of hydrogen-bond acceptors (Lipinski definition) is 9. The number of nitrogens with two attached hydrogens (primary N) is 2. The molecule has 4 N–H and O–H groups in total. The third kappa shape index (κ3) is 6.81. The maximum absolute atomic E-state index is 15.8. The standard InChI is InChI=1S/C47H40F2N10O7/c1-66-37-24-30(13-15-36(37)49)59-42-33(40(53-59)44(51)62)18-22-57(47(42)65)28-10-8-26(9-11-28)55-20-16-31(45(55)63)34-23-29(12-14-35(34)48)58-41-32(39(52-58)43(50)61)17-21-56(46(41)64)27-6-4-25(5-7-27)54-19-2-3-38(54)60/h4-15,23-24,31H,2-3,16-22H2,1H3,(H2,50,61)(H2,51,62). The van der Waals surface area contributed by atoms with Gasteiger partial charge in [-0.05, 0) is 105 Å². The molecular weight excluding hydrogens is 855 g/mol. The van der Waals surface area contributed by atoms with Crippen LogP contribution in [0.15, 0.2) is 84.9 Å². The van der Waals surface area contributed by atoms with Crippen LogP contribution in [0.2, 0.25) is 0 Å². The number of aromatic nitrogens is 4. The molecule has 1 atom stereocenters. The van der Waals surface area contributed by atoms with Gasteiger partial charge < -0.3 is 35.8 Å². The second-order valence-corrected chi connectivity index (χ2v) is 16.4. The topological polar surface area (TPSA) is 212 Å². The fraction of sp³-hybridized carbons (Fsp3) is 0.234. The van der Waals surface area contributed by atoms with Gasteiger partial charge in [0, 0.05) is 78.1 Å². The smallest absolute Gasteiger partial charge is 0.277 e. The number of primary amides is 2. The molecule has 6 heterocycles. The Morgan fingerprint density at radius 1 is 0.591 bits per heavy atom. The summed E-state index contributed by atoms with van der Waals surface area (Å²) in [6.07, 6.45) is 2.01. The van der Waals surface area contributed by atoms with Gasteiger partial charge in [-0.15, -0.1) is 0 Å². The number of amides is 6. The summed E-state index contributed by atoms with van der Waals surface area (Å²) in [4.78, 5) is 86.2. The third-order valence-electron chi connectivity index (χ3n) is 12.7. The van der Waals surface area contributed by atoms with Crippen molar-refractivity contribution in [1.29, 1.82) is 0 Å². The van der Waals surface area contributed by atoms with Crippen molar-refractivity contribution in [3.8, 4) is 17.1 Å². The minimum absolute atomic E-state index is 0.0399. The Balaban J connectivity index is 0.897. The summed E-state index contributed by atoms with van der Waals surface area (Å²) in [6.45, 7) is 1.28. The first-order valence-corrected chi connectivity index (χ1v) is 21.3. The van der Waals surface area contributed by atoms with Crippen molar-refractivity contribution in [2.75, 3.05) is 52.9 Å². The van der Waals surface area contributed by atoms with Crippen molar-refractivity contribution in [3.63, 3.8) is 0 Å². The van der Waals surface area contributed by atoms with Gasteiger partial charge in [0.15, 0.2) is 23.0 Å². The van der Waals surface area contributed by atoms with E-state index in [0.717, 1.165) is 18.2 Å². The highest BCUT2D eigenvalue weighted by Crippen LogP contribution is 2.38. The number of hydrogen-bond donors (Lipinski definition) is 2. The highest BCUT2D eigenvalue weighted by Gasteiger charge is 2.39. The fourth-order valence-corrected chi connectivity index (χ4v) is 9.46. The van der Waals surface area contributed by atoms with E-state index in [1.165, 1.54) is 56.6 Å². The molecule has 4 aliphatic heterocycles. The zero-order valence-electron chi connectivity index (χ0n) is 35.4. The number of methoxy groups -OCH3 is 1. The van der Waals surface area contributed by atoms with Gasteiger partial charge in [0.25, 0.3) is 23.6 Å². The lowest BCUT2D eigenvalue weighted by atomic mass is 9.96. The first kappa shape index (κ1) is 41.8. The first-order valence-electron chi connectivity index (χ1n) is 21.3. The van der Waals surface area contributed by atoms with E-state index in [-0.39, 0.29) is 96.2 Å². The second-order valence-electron chi connectivity index (χ2n) is 16.4. The van der Waals surface area contributed by atoms with Gasteiger partial charge in [-0.1, -0.05) is 0 Å². The maximum Gasteiger partial charge on any atom is 0.277 e. The number of carbonyl (C=O) groups is 6. The number of anilines is 4. The molecular formula is C47H40F2N10O7. The van der Waals surface area contributed by atoms with Crippen LogP contribution in [0.3, 0.4) is 0 Å². The van der Waals surface area contributed by atoms with E-state index in [1.807, 2.05) is 0 Å². The SMILES string of the molecule is COc1cc(-n2nc(C(N)=O)c3c2C(=O)N(c2ccc(N4CCC(c5cc(-n6nc(C(N)=O)c7c6C(=O)N(c6ccc(N8CCCC8=O)cc6)CC7)ccc5F)C4=O)cc2)CC3)ccc1F. The first-order chi connectivity index (χ1) is 31.8. The van der Waals surface area contributed by atoms with E-state index in [0.29, 0.717) is 41.2 Å². The molecule has 4 aliphatic rings. The summed E-state index contributed by atoms with van der Waals surface area (Å²) < 4.78 is 37.8. The molecule has 6 aromatic rings. The predicted molar refractivity (Wildman–Crippen MR) is 236 cm³/mol. The number of benzene rings is 4. The van der Waals surface area contributed by atoms with Crippen LogP contribution in [-0.4, -0.2) is 88.3 Å². The molecule has 0 spiro atoms. The summed E-state index contributed by atoms with van der Waals surface area (Å²) in [5.74, 6) is -5.19. The van der Waals surface area contributed by atoms with Crippen LogP contribution in [0.25, 0.3) is 11.4 Å². The van der Waals surface area contributed by atoms with Gasteiger partial charge in [-0.2, -0.15) is 10.2 Å². The van der Waals surface area contributed by atoms with Crippen molar-refractivity contribution in [2.24, 2.45) is 11.5 Å². The van der Waals surface area contributed by atoms with Crippen LogP contribution >= 0.6 is 0 Å². The molecule has 0 radical (unpaired) electrons. The molecule has 19 heteroatoms. The summed E-state index contributed by atoms with van der Waals surface area (Å²) in [5.41, 5.74) is 15.0. The molecule has 66 heavy (non-hydrogen) atoms. The number of rotatable bonds is 10. The zero-order valence-corrected chi connectivity index (χ0v) is 35.4. The number of halogens is 2. The monoisotopic (exact) mass is 894 g/mol. The van der Waals surface area contributed by atoms with Crippen molar-refractivity contribution in [1.82, 2.24) is 19.6 Å². The van der Waals surface area contributed by atoms with E-state index >= 15 is 4.39 Å². The van der Waals surface area contributed by atoms with Crippen LogP contribution in [0.4, 0.5) is 31.5 Å². The lowest BCUT2D eigenvalue weighted by Gasteiger charge is -2.28. The summed E-state index contributed by atoms with van der Waals surface area (Å²) >= 11 is 0. The largest absolute Gasteiger partial charge is 0.494 e. The van der Waals surface area contributed by atoms with E-state index in [9.17, 15) is 33.2 Å². The average Bonchev–Trinajstić information content (AvgIpc) is 4.12. The fourth-order valence-electron chi connectivity index (χ4n) is 9.46. The van der Waals surface area contributed by atoms with Gasteiger partial charge in [0.2, 0.25) is 11.8 Å².